The molecular formula is C38H35FN4O7. The number of halogens is 1. The van der Waals surface area contributed by atoms with Crippen molar-refractivity contribution in [3.05, 3.63) is 126 Å². The van der Waals surface area contributed by atoms with Crippen LogP contribution in [0.4, 0.5) is 4.39 Å². The minimum absolute atomic E-state index is 0.0254. The highest BCUT2D eigenvalue weighted by molar-refractivity contribution is 5.96. The van der Waals surface area contributed by atoms with Crippen molar-refractivity contribution in [1.82, 2.24) is 20.9 Å². The van der Waals surface area contributed by atoms with E-state index in [2.05, 4.69) is 20.9 Å². The van der Waals surface area contributed by atoms with Crippen molar-refractivity contribution in [3.8, 4) is 17.0 Å². The van der Waals surface area contributed by atoms with Crippen molar-refractivity contribution in [2.75, 3.05) is 19.7 Å². The van der Waals surface area contributed by atoms with Crippen LogP contribution in [-0.4, -0.2) is 60.4 Å². The Bertz CT molecular complexity index is 1980. The third-order valence-corrected chi connectivity index (χ3v) is 7.68. The summed E-state index contributed by atoms with van der Waals surface area (Å²) in [5, 5.41) is 8.52. The van der Waals surface area contributed by atoms with Gasteiger partial charge in [-0.1, -0.05) is 48.5 Å². The molecule has 4 aromatic carbocycles. The summed E-state index contributed by atoms with van der Waals surface area (Å²) in [4.78, 5) is 66.8. The van der Waals surface area contributed by atoms with Gasteiger partial charge in [0.15, 0.2) is 0 Å². The summed E-state index contributed by atoms with van der Waals surface area (Å²) in [5.41, 5.74) is 3.84. The van der Waals surface area contributed by atoms with Gasteiger partial charge in [0.05, 0.1) is 30.8 Å². The normalized spacial score (nSPS) is 11.3. The zero-order chi connectivity index (χ0) is 35.5. The molecule has 5 rings (SSSR count). The van der Waals surface area contributed by atoms with Crippen molar-refractivity contribution < 1.29 is 37.8 Å². The molecule has 0 fully saturated rings. The summed E-state index contributed by atoms with van der Waals surface area (Å²) >= 11 is 0. The number of nitrogens with one attached hydrogen (secondary N) is 4. The molecular weight excluding hydrogens is 643 g/mol. The van der Waals surface area contributed by atoms with Crippen LogP contribution >= 0.6 is 0 Å². The van der Waals surface area contributed by atoms with Crippen molar-refractivity contribution in [1.29, 1.82) is 0 Å². The van der Waals surface area contributed by atoms with E-state index in [0.717, 1.165) is 10.9 Å². The first-order valence-electron chi connectivity index (χ1n) is 15.9. The van der Waals surface area contributed by atoms with Gasteiger partial charge in [0.2, 0.25) is 17.7 Å². The fraction of sp³-hybridized carbons (Fsp3) is 0.184. The molecule has 0 bridgehead atoms. The van der Waals surface area contributed by atoms with E-state index < -0.39 is 48.8 Å². The molecule has 1 aromatic heterocycles. The standard InChI is InChI=1S/C38H35FN4O7/c1-2-49-35(46)23-41-37(47)32(20-24-12-18-28(19-13-24)50-38(48)26-8-4-3-5-9-26)42-34(45)22-40-33(44)21-30-29-10-6-7-11-31(29)43-36(30)25-14-16-27(39)17-15-25/h3-19,32,43H,2,20-23H2,1H3,(H,40,44)(H,41,47)(H,42,45)/t32-/m0/s1. The molecule has 0 spiro atoms. The van der Waals surface area contributed by atoms with Gasteiger partial charge in [-0.15, -0.1) is 0 Å². The number of aromatic amines is 1. The molecule has 5 aromatic rings. The molecule has 0 saturated heterocycles. The fourth-order valence-corrected chi connectivity index (χ4v) is 5.27. The topological polar surface area (TPSA) is 156 Å². The summed E-state index contributed by atoms with van der Waals surface area (Å²) in [6, 6.07) is 27.2. The van der Waals surface area contributed by atoms with Gasteiger partial charge in [-0.2, -0.15) is 0 Å². The van der Waals surface area contributed by atoms with Gasteiger partial charge >= 0.3 is 11.9 Å². The highest BCUT2D eigenvalue weighted by atomic mass is 19.1. The second-order valence-corrected chi connectivity index (χ2v) is 11.2. The van der Waals surface area contributed by atoms with Crippen LogP contribution in [0.3, 0.4) is 0 Å². The molecule has 0 saturated carbocycles. The maximum atomic E-state index is 13.6. The van der Waals surface area contributed by atoms with E-state index >= 15 is 0 Å². The summed E-state index contributed by atoms with van der Waals surface area (Å²) in [5.74, 6) is -2.99. The highest BCUT2D eigenvalue weighted by Crippen LogP contribution is 2.31. The van der Waals surface area contributed by atoms with E-state index in [4.69, 9.17) is 9.47 Å². The first-order valence-corrected chi connectivity index (χ1v) is 15.9. The van der Waals surface area contributed by atoms with E-state index in [1.54, 1.807) is 73.7 Å². The second-order valence-electron chi connectivity index (χ2n) is 11.2. The number of carbonyl (C=O) groups excluding carboxylic acids is 5. The molecule has 0 aliphatic heterocycles. The summed E-state index contributed by atoms with van der Waals surface area (Å²) in [7, 11) is 0. The Balaban J connectivity index is 1.23. The van der Waals surface area contributed by atoms with Crippen LogP contribution in [0.2, 0.25) is 0 Å². The monoisotopic (exact) mass is 678 g/mol. The molecule has 1 atom stereocenters. The van der Waals surface area contributed by atoms with Crippen molar-refractivity contribution >= 4 is 40.6 Å². The Labute approximate surface area is 287 Å². The molecule has 1 heterocycles. The van der Waals surface area contributed by atoms with Crippen molar-refractivity contribution in [2.45, 2.75) is 25.8 Å². The lowest BCUT2D eigenvalue weighted by molar-refractivity contribution is -0.143. The predicted octanol–water partition coefficient (Wildman–Crippen LogP) is 4.26. The Morgan fingerprint density at radius 2 is 1.48 bits per heavy atom. The minimum atomic E-state index is -1.12. The Kier molecular flexibility index (Phi) is 11.7. The molecule has 0 unspecified atom stereocenters. The molecule has 256 valence electrons. The van der Waals surface area contributed by atoms with Crippen LogP contribution in [-0.2, 0) is 36.8 Å². The van der Waals surface area contributed by atoms with Crippen molar-refractivity contribution in [2.24, 2.45) is 0 Å². The van der Waals surface area contributed by atoms with Gasteiger partial charge in [0, 0.05) is 17.3 Å². The number of hydrogen-bond donors (Lipinski definition) is 4. The Hall–Kier alpha value is -6.30. The summed E-state index contributed by atoms with van der Waals surface area (Å²) in [6.07, 6.45) is -0.0493. The fourth-order valence-electron chi connectivity index (χ4n) is 5.27. The number of benzene rings is 4. The van der Waals surface area contributed by atoms with Gasteiger partial charge in [0.1, 0.15) is 24.2 Å². The zero-order valence-electron chi connectivity index (χ0n) is 27.2. The summed E-state index contributed by atoms with van der Waals surface area (Å²) in [6.45, 7) is 0.952. The van der Waals surface area contributed by atoms with Crippen LogP contribution in [0.1, 0.15) is 28.4 Å². The number of para-hydroxylation sites is 1. The largest absolute Gasteiger partial charge is 0.465 e. The molecule has 50 heavy (non-hydrogen) atoms. The molecule has 12 heteroatoms. The van der Waals surface area contributed by atoms with Gasteiger partial charge in [-0.05, 0) is 78.2 Å². The second kappa shape index (κ2) is 16.7. The first-order chi connectivity index (χ1) is 24.2. The van der Waals surface area contributed by atoms with Crippen LogP contribution in [0.5, 0.6) is 5.75 Å². The van der Waals surface area contributed by atoms with E-state index in [1.807, 2.05) is 24.3 Å². The number of aromatic nitrogens is 1. The van der Waals surface area contributed by atoms with Crippen LogP contribution in [0, 0.1) is 5.82 Å². The van der Waals surface area contributed by atoms with Gasteiger partial charge in [-0.25, -0.2) is 9.18 Å². The smallest absolute Gasteiger partial charge is 0.343 e. The average Bonchev–Trinajstić information content (AvgIpc) is 3.49. The lowest BCUT2D eigenvalue weighted by Crippen LogP contribution is -2.51. The number of esters is 2. The molecule has 0 aliphatic rings. The molecule has 0 aliphatic carbocycles. The molecule has 4 N–H and O–H groups in total. The SMILES string of the molecule is CCOC(=O)CNC(=O)[C@H](Cc1ccc(OC(=O)c2ccccc2)cc1)NC(=O)CNC(=O)Cc1c(-c2ccc(F)cc2)[nH]c2ccccc12. The van der Waals surface area contributed by atoms with Crippen LogP contribution < -0.4 is 20.7 Å². The quantitative estimate of drug-likeness (QED) is 0.101. The summed E-state index contributed by atoms with van der Waals surface area (Å²) < 4.78 is 23.9. The van der Waals surface area contributed by atoms with Gasteiger partial charge in [-0.3, -0.25) is 19.2 Å². The number of hydrogen-bond acceptors (Lipinski definition) is 7. The molecule has 3 amide bonds. The van der Waals surface area contributed by atoms with Gasteiger partial charge in [0.25, 0.3) is 0 Å². The van der Waals surface area contributed by atoms with E-state index in [-0.39, 0.29) is 31.0 Å². The third kappa shape index (κ3) is 9.41. The average molecular weight is 679 g/mol. The van der Waals surface area contributed by atoms with E-state index in [1.165, 1.54) is 12.1 Å². The number of rotatable bonds is 14. The Morgan fingerprint density at radius 3 is 2.20 bits per heavy atom. The number of carbonyl (C=O) groups is 5. The molecule has 0 radical (unpaired) electrons. The lowest BCUT2D eigenvalue weighted by atomic mass is 10.0. The maximum Gasteiger partial charge on any atom is 0.343 e. The maximum absolute atomic E-state index is 13.6. The van der Waals surface area contributed by atoms with E-state index in [9.17, 15) is 28.4 Å². The number of amides is 3. The molecule has 11 nitrogen and oxygen atoms in total. The zero-order valence-corrected chi connectivity index (χ0v) is 27.2. The Morgan fingerprint density at radius 1 is 0.780 bits per heavy atom. The van der Waals surface area contributed by atoms with Gasteiger partial charge < -0.3 is 30.4 Å². The first kappa shape index (κ1) is 35.0. The van der Waals surface area contributed by atoms with Crippen LogP contribution in [0.15, 0.2) is 103 Å². The lowest BCUT2D eigenvalue weighted by Gasteiger charge is -2.19. The minimum Gasteiger partial charge on any atom is -0.465 e. The van der Waals surface area contributed by atoms with Crippen molar-refractivity contribution in [3.63, 3.8) is 0 Å². The predicted molar refractivity (Wildman–Crippen MR) is 184 cm³/mol. The number of ether oxygens (including phenoxy) is 2. The third-order valence-electron chi connectivity index (χ3n) is 7.68. The van der Waals surface area contributed by atoms with Crippen LogP contribution in [0.25, 0.3) is 22.2 Å². The number of H-pyrrole nitrogens is 1. The van der Waals surface area contributed by atoms with E-state index in [0.29, 0.717) is 27.9 Å². The number of fused-ring (bicyclic) bond motifs is 1. The highest BCUT2D eigenvalue weighted by Gasteiger charge is 2.23.